The van der Waals surface area contributed by atoms with Gasteiger partial charge in [-0.25, -0.2) is 0 Å². The van der Waals surface area contributed by atoms with Gasteiger partial charge in [-0.3, -0.25) is 4.57 Å². The zero-order valence-corrected chi connectivity index (χ0v) is 16.2. The molecule has 0 amide bonds. The Morgan fingerprint density at radius 1 is 1.18 bits per heavy atom. The van der Waals surface area contributed by atoms with E-state index < -0.39 is 0 Å². The Morgan fingerprint density at radius 3 is 2.75 bits per heavy atom. The normalized spacial score (nSPS) is 18.2. The van der Waals surface area contributed by atoms with Gasteiger partial charge in [0.25, 0.3) is 0 Å². The first-order valence-electron chi connectivity index (χ1n) is 9.19. The van der Waals surface area contributed by atoms with Gasteiger partial charge in [0.1, 0.15) is 23.2 Å². The van der Waals surface area contributed by atoms with Crippen LogP contribution in [0, 0.1) is 11.3 Å². The zero-order valence-electron chi connectivity index (χ0n) is 15.4. The molecule has 0 saturated carbocycles. The lowest BCUT2D eigenvalue weighted by atomic mass is 9.79. The Hall–Kier alpha value is -3.23. The molecule has 28 heavy (non-hydrogen) atoms. The molecule has 0 fully saturated rings. The minimum absolute atomic E-state index is 0.0782. The molecule has 3 aromatic rings. The Kier molecular flexibility index (Phi) is 4.07. The van der Waals surface area contributed by atoms with E-state index in [0.29, 0.717) is 11.5 Å². The lowest BCUT2D eigenvalue weighted by molar-refractivity contribution is 0.403. The molecule has 1 unspecified atom stereocenters. The topological polar surface area (TPSA) is 47.2 Å². The Bertz CT molecular complexity index is 1130. The van der Waals surface area contributed by atoms with Crippen molar-refractivity contribution in [1.82, 2.24) is 4.57 Å². The molecule has 0 radical (unpaired) electrons. The van der Waals surface area contributed by atoms with Crippen LogP contribution in [0.5, 0.6) is 5.75 Å². The molecule has 0 N–H and O–H groups in total. The van der Waals surface area contributed by atoms with E-state index in [0.717, 1.165) is 29.9 Å². The first-order valence-corrected chi connectivity index (χ1v) is 10.1. The molecular weight excluding hydrogens is 368 g/mol. The standard InChI is InChI=1S/C23H18N2O2S/c1-26-16-8-6-15-7-9-17-21(20-5-4-12-28-20)19(14-24)23(25-10-2-3-11-25)27-22(17)18(15)13-16/h2-6,8,10-13,21H,7,9H2,1H3. The predicted molar refractivity (Wildman–Crippen MR) is 110 cm³/mol. The van der Waals surface area contributed by atoms with Gasteiger partial charge in [0.2, 0.25) is 5.88 Å². The molecule has 1 aliphatic carbocycles. The smallest absolute Gasteiger partial charge is 0.218 e. The van der Waals surface area contributed by atoms with Gasteiger partial charge in [-0.1, -0.05) is 12.1 Å². The quantitative estimate of drug-likeness (QED) is 0.604. The van der Waals surface area contributed by atoms with Crippen molar-refractivity contribution in [2.24, 2.45) is 0 Å². The minimum atomic E-state index is -0.0782. The van der Waals surface area contributed by atoms with Gasteiger partial charge < -0.3 is 9.47 Å². The predicted octanol–water partition coefficient (Wildman–Crippen LogP) is 5.42. The van der Waals surface area contributed by atoms with Crippen molar-refractivity contribution in [2.75, 3.05) is 7.11 Å². The summed E-state index contributed by atoms with van der Waals surface area (Å²) in [7, 11) is 1.68. The Balaban J connectivity index is 1.75. The van der Waals surface area contributed by atoms with E-state index in [1.165, 1.54) is 16.0 Å². The second-order valence-electron chi connectivity index (χ2n) is 6.85. The molecule has 4 nitrogen and oxygen atoms in total. The molecule has 1 aromatic carbocycles. The van der Waals surface area contributed by atoms with Gasteiger partial charge in [0.05, 0.1) is 13.0 Å². The van der Waals surface area contributed by atoms with Crippen LogP contribution in [-0.4, -0.2) is 11.7 Å². The van der Waals surface area contributed by atoms with Crippen LogP contribution in [0.1, 0.15) is 28.3 Å². The fourth-order valence-corrected chi connectivity index (χ4v) is 4.92. The van der Waals surface area contributed by atoms with E-state index in [1.807, 2.05) is 47.3 Å². The van der Waals surface area contributed by atoms with Gasteiger partial charge >= 0.3 is 0 Å². The summed E-state index contributed by atoms with van der Waals surface area (Å²) in [5.74, 6) is 2.17. The molecule has 0 spiro atoms. The fraction of sp³-hybridized carbons (Fsp3) is 0.174. The number of fused-ring (bicyclic) bond motifs is 2. The van der Waals surface area contributed by atoms with E-state index in [9.17, 15) is 5.26 Å². The first-order chi connectivity index (χ1) is 13.8. The second kappa shape index (κ2) is 6.74. The van der Waals surface area contributed by atoms with Gasteiger partial charge in [-0.2, -0.15) is 5.26 Å². The van der Waals surface area contributed by atoms with Crippen LogP contribution >= 0.6 is 11.3 Å². The number of hydrogen-bond acceptors (Lipinski definition) is 4. The van der Waals surface area contributed by atoms with Crippen LogP contribution in [0.3, 0.4) is 0 Å². The maximum Gasteiger partial charge on any atom is 0.218 e. The molecule has 0 bridgehead atoms. The molecule has 5 heteroatoms. The summed E-state index contributed by atoms with van der Waals surface area (Å²) in [5, 5.41) is 12.1. The summed E-state index contributed by atoms with van der Waals surface area (Å²) in [5.41, 5.74) is 4.14. The number of methoxy groups -OCH3 is 1. The molecular formula is C23H18N2O2S. The van der Waals surface area contributed by atoms with Crippen LogP contribution in [0.2, 0.25) is 0 Å². The molecule has 138 valence electrons. The van der Waals surface area contributed by atoms with E-state index in [2.05, 4.69) is 23.6 Å². The lowest BCUT2D eigenvalue weighted by Gasteiger charge is -2.33. The van der Waals surface area contributed by atoms with Crippen molar-refractivity contribution in [3.63, 3.8) is 0 Å². The number of allylic oxidation sites excluding steroid dienone is 2. The highest BCUT2D eigenvalue weighted by Crippen LogP contribution is 2.50. The number of benzene rings is 1. The number of thiophene rings is 1. The summed E-state index contributed by atoms with van der Waals surface area (Å²) >= 11 is 1.68. The molecule has 1 atom stereocenters. The van der Waals surface area contributed by atoms with Crippen LogP contribution in [0.4, 0.5) is 0 Å². The van der Waals surface area contributed by atoms with Crippen LogP contribution in [0.25, 0.3) is 11.6 Å². The van der Waals surface area contributed by atoms with E-state index >= 15 is 0 Å². The third-order valence-corrected chi connectivity index (χ3v) is 6.31. The maximum absolute atomic E-state index is 10.1. The largest absolute Gasteiger partial charge is 0.497 e. The van der Waals surface area contributed by atoms with Gasteiger partial charge in [-0.05, 0) is 59.7 Å². The van der Waals surface area contributed by atoms with Crippen molar-refractivity contribution < 1.29 is 9.47 Å². The average molecular weight is 386 g/mol. The summed E-state index contributed by atoms with van der Waals surface area (Å²) in [6, 6.07) is 16.6. The average Bonchev–Trinajstić information content (AvgIpc) is 3.45. The van der Waals surface area contributed by atoms with Gasteiger partial charge in [-0.15, -0.1) is 11.3 Å². The zero-order chi connectivity index (χ0) is 19.1. The number of nitrogens with zero attached hydrogens (tertiary/aromatic N) is 2. The number of aryl methyl sites for hydroxylation is 1. The van der Waals surface area contributed by atoms with Crippen LogP contribution < -0.4 is 4.74 Å². The summed E-state index contributed by atoms with van der Waals surface area (Å²) in [4.78, 5) is 1.17. The van der Waals surface area contributed by atoms with Gasteiger partial charge in [0.15, 0.2) is 0 Å². The monoisotopic (exact) mass is 386 g/mol. The molecule has 2 aliphatic rings. The summed E-state index contributed by atoms with van der Waals surface area (Å²) in [6.07, 6.45) is 5.64. The highest BCUT2D eigenvalue weighted by molar-refractivity contribution is 7.10. The van der Waals surface area contributed by atoms with Crippen LogP contribution in [0.15, 0.2) is 71.4 Å². The number of aromatic nitrogens is 1. The minimum Gasteiger partial charge on any atom is -0.497 e. The van der Waals surface area contributed by atoms with E-state index in [-0.39, 0.29) is 5.92 Å². The number of nitriles is 1. The van der Waals surface area contributed by atoms with Crippen LogP contribution in [-0.2, 0) is 11.2 Å². The van der Waals surface area contributed by atoms with E-state index in [4.69, 9.17) is 9.47 Å². The first kappa shape index (κ1) is 16.9. The second-order valence-corrected chi connectivity index (χ2v) is 7.83. The van der Waals surface area contributed by atoms with E-state index in [1.54, 1.807) is 18.4 Å². The lowest BCUT2D eigenvalue weighted by Crippen LogP contribution is -2.21. The third-order valence-electron chi connectivity index (χ3n) is 5.37. The molecule has 1 aliphatic heterocycles. The van der Waals surface area contributed by atoms with Crippen molar-refractivity contribution >= 4 is 23.0 Å². The van der Waals surface area contributed by atoms with Crippen molar-refractivity contribution in [3.05, 3.63) is 87.4 Å². The Morgan fingerprint density at radius 2 is 2.04 bits per heavy atom. The fourth-order valence-electron chi connectivity index (χ4n) is 4.06. The number of hydrogen-bond donors (Lipinski definition) is 0. The molecule has 5 rings (SSSR count). The Labute approximate surface area is 167 Å². The van der Waals surface area contributed by atoms with Crippen molar-refractivity contribution in [3.8, 4) is 11.8 Å². The van der Waals surface area contributed by atoms with Gasteiger partial charge in [0, 0.05) is 22.8 Å². The molecule has 0 saturated heterocycles. The highest BCUT2D eigenvalue weighted by atomic mass is 32.1. The third kappa shape index (κ3) is 2.57. The summed E-state index contributed by atoms with van der Waals surface area (Å²) < 4.78 is 13.8. The van der Waals surface area contributed by atoms with Crippen molar-refractivity contribution in [2.45, 2.75) is 18.8 Å². The maximum atomic E-state index is 10.1. The highest BCUT2D eigenvalue weighted by Gasteiger charge is 2.37. The number of ether oxygens (including phenoxy) is 2. The molecule has 2 aromatic heterocycles. The van der Waals surface area contributed by atoms with Crippen molar-refractivity contribution in [1.29, 1.82) is 5.26 Å². The molecule has 3 heterocycles. The SMILES string of the molecule is COc1ccc2c(c1)C1=C(CC2)C(c2cccs2)C(C#N)=C(n2cccc2)O1. The summed E-state index contributed by atoms with van der Waals surface area (Å²) in [6.45, 7) is 0. The number of rotatable bonds is 3.